The van der Waals surface area contributed by atoms with E-state index >= 15 is 0 Å². The number of rotatable bonds is 12. The average molecular weight is 410 g/mol. The predicted octanol–water partition coefficient (Wildman–Crippen LogP) is 4.35. The minimum Gasteiger partial charge on any atom is -0.489 e. The zero-order valence-corrected chi connectivity index (χ0v) is 17.1. The fourth-order valence-corrected chi connectivity index (χ4v) is 2.50. The standard InChI is InChI=1S/C24H26O6/c1-4-22(25)28-14-9-15-29-23-20(19-10-6-5-7-11-19)12-8-13-21(23)27-16-17-30-24(26)18(2)3/h4-8,10-13H,1-2,9,14-17H2,3H3. The zero-order valence-electron chi connectivity index (χ0n) is 17.1. The van der Waals surface area contributed by atoms with Crippen molar-refractivity contribution in [1.29, 1.82) is 0 Å². The summed E-state index contributed by atoms with van der Waals surface area (Å²) in [5.74, 6) is 0.186. The Morgan fingerprint density at radius 2 is 1.67 bits per heavy atom. The van der Waals surface area contributed by atoms with Crippen LogP contribution in [0.25, 0.3) is 11.1 Å². The number of esters is 2. The van der Waals surface area contributed by atoms with Crippen LogP contribution in [0, 0.1) is 0 Å². The van der Waals surface area contributed by atoms with Crippen LogP contribution in [0.15, 0.2) is 73.3 Å². The lowest BCUT2D eigenvalue weighted by atomic mass is 10.0. The number of carbonyl (C=O) groups excluding carboxylic acids is 2. The summed E-state index contributed by atoms with van der Waals surface area (Å²) in [5.41, 5.74) is 2.18. The monoisotopic (exact) mass is 410 g/mol. The molecule has 0 saturated carbocycles. The van der Waals surface area contributed by atoms with E-state index in [0.717, 1.165) is 17.2 Å². The van der Waals surface area contributed by atoms with Gasteiger partial charge in [0.15, 0.2) is 11.5 Å². The predicted molar refractivity (Wildman–Crippen MR) is 114 cm³/mol. The first-order valence-electron chi connectivity index (χ1n) is 9.58. The number of hydrogen-bond donors (Lipinski definition) is 0. The molecule has 158 valence electrons. The molecule has 2 aromatic carbocycles. The van der Waals surface area contributed by atoms with E-state index in [2.05, 4.69) is 13.2 Å². The Kier molecular flexibility index (Phi) is 9.18. The molecule has 0 spiro atoms. The Labute approximate surface area is 176 Å². The summed E-state index contributed by atoms with van der Waals surface area (Å²) >= 11 is 0. The van der Waals surface area contributed by atoms with Gasteiger partial charge in [-0.15, -0.1) is 0 Å². The van der Waals surface area contributed by atoms with Crippen LogP contribution in [0.4, 0.5) is 0 Å². The van der Waals surface area contributed by atoms with E-state index < -0.39 is 11.9 Å². The van der Waals surface area contributed by atoms with E-state index in [-0.39, 0.29) is 19.8 Å². The van der Waals surface area contributed by atoms with Crippen molar-refractivity contribution >= 4 is 11.9 Å². The SMILES string of the molecule is C=CC(=O)OCCCOc1c(OCCOC(=O)C(=C)C)cccc1-c1ccccc1. The Morgan fingerprint density at radius 3 is 2.37 bits per heavy atom. The van der Waals surface area contributed by atoms with Gasteiger partial charge in [0.1, 0.15) is 13.2 Å². The van der Waals surface area contributed by atoms with Crippen LogP contribution in [0.1, 0.15) is 13.3 Å². The fraction of sp³-hybridized carbons (Fsp3) is 0.250. The summed E-state index contributed by atoms with van der Waals surface area (Å²) in [6.45, 7) is 9.32. The second-order valence-corrected chi connectivity index (χ2v) is 6.34. The molecular formula is C24H26O6. The fourth-order valence-electron chi connectivity index (χ4n) is 2.50. The number of benzene rings is 2. The second kappa shape index (κ2) is 12.1. The van der Waals surface area contributed by atoms with Gasteiger partial charge in [-0.1, -0.05) is 55.6 Å². The first-order chi connectivity index (χ1) is 14.5. The molecule has 0 radical (unpaired) electrons. The maximum absolute atomic E-state index is 11.5. The van der Waals surface area contributed by atoms with Gasteiger partial charge in [-0.3, -0.25) is 0 Å². The highest BCUT2D eigenvalue weighted by Gasteiger charge is 2.13. The van der Waals surface area contributed by atoms with Crippen LogP contribution in [-0.4, -0.2) is 38.4 Å². The summed E-state index contributed by atoms with van der Waals surface area (Å²) in [5, 5.41) is 0. The molecular weight excluding hydrogens is 384 g/mol. The zero-order chi connectivity index (χ0) is 21.8. The Morgan fingerprint density at radius 1 is 0.900 bits per heavy atom. The number of ether oxygens (including phenoxy) is 4. The Hall–Kier alpha value is -3.54. The van der Waals surface area contributed by atoms with Crippen LogP contribution in [0.2, 0.25) is 0 Å². The second-order valence-electron chi connectivity index (χ2n) is 6.34. The first kappa shape index (κ1) is 22.7. The Balaban J connectivity index is 2.07. The molecule has 2 aromatic rings. The molecule has 0 unspecified atom stereocenters. The van der Waals surface area contributed by atoms with Crippen LogP contribution in [0.3, 0.4) is 0 Å². The van der Waals surface area contributed by atoms with Gasteiger partial charge in [-0.05, 0) is 18.6 Å². The van der Waals surface area contributed by atoms with Crippen molar-refractivity contribution in [3.8, 4) is 22.6 Å². The van der Waals surface area contributed by atoms with Crippen LogP contribution in [-0.2, 0) is 19.1 Å². The molecule has 0 aliphatic carbocycles. The van der Waals surface area contributed by atoms with E-state index in [4.69, 9.17) is 18.9 Å². The third-order valence-corrected chi connectivity index (χ3v) is 3.93. The third-order valence-electron chi connectivity index (χ3n) is 3.93. The Bertz CT molecular complexity index is 873. The van der Waals surface area contributed by atoms with Gasteiger partial charge < -0.3 is 18.9 Å². The molecule has 0 aromatic heterocycles. The van der Waals surface area contributed by atoms with E-state index in [1.165, 1.54) is 0 Å². The minimum absolute atomic E-state index is 0.0954. The lowest BCUT2D eigenvalue weighted by molar-refractivity contribution is -0.140. The highest BCUT2D eigenvalue weighted by Crippen LogP contribution is 2.38. The van der Waals surface area contributed by atoms with Gasteiger partial charge in [0.2, 0.25) is 0 Å². The lowest BCUT2D eigenvalue weighted by Gasteiger charge is -2.17. The highest BCUT2D eigenvalue weighted by atomic mass is 16.6. The maximum atomic E-state index is 11.5. The summed E-state index contributed by atoms with van der Waals surface area (Å²) in [6, 6.07) is 15.4. The molecule has 0 heterocycles. The summed E-state index contributed by atoms with van der Waals surface area (Å²) in [6.07, 6.45) is 1.64. The normalized spacial score (nSPS) is 10.0. The quantitative estimate of drug-likeness (QED) is 0.294. The molecule has 6 nitrogen and oxygen atoms in total. The van der Waals surface area contributed by atoms with Gasteiger partial charge in [0.25, 0.3) is 0 Å². The van der Waals surface area contributed by atoms with Crippen molar-refractivity contribution in [3.63, 3.8) is 0 Å². The number of hydrogen-bond acceptors (Lipinski definition) is 6. The average Bonchev–Trinajstić information content (AvgIpc) is 2.77. The highest BCUT2D eigenvalue weighted by molar-refractivity contribution is 5.86. The van der Waals surface area contributed by atoms with Crippen molar-refractivity contribution in [2.45, 2.75) is 13.3 Å². The number of para-hydroxylation sites is 1. The molecule has 0 fully saturated rings. The van der Waals surface area contributed by atoms with Gasteiger partial charge in [0.05, 0.1) is 13.2 Å². The molecule has 6 heteroatoms. The van der Waals surface area contributed by atoms with Crippen molar-refractivity contribution in [2.24, 2.45) is 0 Å². The smallest absolute Gasteiger partial charge is 0.333 e. The molecule has 0 saturated heterocycles. The summed E-state index contributed by atoms with van der Waals surface area (Å²) in [7, 11) is 0. The first-order valence-corrected chi connectivity index (χ1v) is 9.58. The summed E-state index contributed by atoms with van der Waals surface area (Å²) < 4.78 is 21.8. The van der Waals surface area contributed by atoms with Crippen molar-refractivity contribution in [2.75, 3.05) is 26.4 Å². The molecule has 0 atom stereocenters. The molecule has 0 N–H and O–H groups in total. The van der Waals surface area contributed by atoms with E-state index in [9.17, 15) is 9.59 Å². The summed E-state index contributed by atoms with van der Waals surface area (Å²) in [4.78, 5) is 22.6. The van der Waals surface area contributed by atoms with E-state index in [0.29, 0.717) is 30.1 Å². The maximum Gasteiger partial charge on any atom is 0.333 e. The van der Waals surface area contributed by atoms with Crippen molar-refractivity contribution < 1.29 is 28.5 Å². The largest absolute Gasteiger partial charge is 0.489 e. The molecule has 2 rings (SSSR count). The third kappa shape index (κ3) is 7.13. The molecule has 30 heavy (non-hydrogen) atoms. The molecule has 0 bridgehead atoms. The van der Waals surface area contributed by atoms with Crippen LogP contribution in [0.5, 0.6) is 11.5 Å². The van der Waals surface area contributed by atoms with E-state index in [1.54, 1.807) is 13.0 Å². The van der Waals surface area contributed by atoms with E-state index in [1.807, 2.05) is 42.5 Å². The van der Waals surface area contributed by atoms with Gasteiger partial charge in [-0.25, -0.2) is 9.59 Å². The van der Waals surface area contributed by atoms with Crippen LogP contribution >= 0.6 is 0 Å². The van der Waals surface area contributed by atoms with Gasteiger partial charge >= 0.3 is 11.9 Å². The molecule has 0 aliphatic rings. The van der Waals surface area contributed by atoms with Gasteiger partial charge in [0, 0.05) is 23.6 Å². The topological polar surface area (TPSA) is 71.1 Å². The lowest BCUT2D eigenvalue weighted by Crippen LogP contribution is -2.13. The van der Waals surface area contributed by atoms with Crippen molar-refractivity contribution in [3.05, 3.63) is 73.3 Å². The number of carbonyl (C=O) groups is 2. The van der Waals surface area contributed by atoms with Gasteiger partial charge in [-0.2, -0.15) is 0 Å². The van der Waals surface area contributed by atoms with Crippen LogP contribution < -0.4 is 9.47 Å². The molecule has 0 aliphatic heterocycles. The van der Waals surface area contributed by atoms with Crippen molar-refractivity contribution in [1.82, 2.24) is 0 Å². The molecule has 0 amide bonds. The minimum atomic E-state index is -0.465.